The summed E-state index contributed by atoms with van der Waals surface area (Å²) < 4.78 is 60.1. The van der Waals surface area contributed by atoms with E-state index in [1.165, 1.54) is 6.92 Å². The summed E-state index contributed by atoms with van der Waals surface area (Å²) in [7, 11) is -9.56. The van der Waals surface area contributed by atoms with E-state index in [0.29, 0.717) is 5.56 Å². The lowest BCUT2D eigenvalue weighted by Crippen LogP contribution is -2.08. The zero-order valence-electron chi connectivity index (χ0n) is 6.48. The van der Waals surface area contributed by atoms with E-state index in [0.717, 1.165) is 12.3 Å². The Balaban J connectivity index is 3.34. The molecule has 0 N–H and O–H groups in total. The summed E-state index contributed by atoms with van der Waals surface area (Å²) in [5, 5.41) is -2.09. The molecule has 0 aliphatic heterocycles. The van der Waals surface area contributed by atoms with Crippen LogP contribution >= 0.6 is 10.2 Å². The van der Waals surface area contributed by atoms with E-state index in [-0.39, 0.29) is 6.07 Å². The lowest BCUT2D eigenvalue weighted by molar-refractivity contribution is 0.358. The minimum absolute atomic E-state index is 0.289. The molecule has 0 saturated carbocycles. The molecule has 0 spiro atoms. The third kappa shape index (κ3) is 2.55. The fourth-order valence-corrected chi connectivity index (χ4v) is 1.26. The van der Waals surface area contributed by atoms with Crippen LogP contribution in [0.15, 0.2) is 23.4 Å². The molecule has 13 heavy (non-hydrogen) atoms. The zero-order valence-corrected chi connectivity index (χ0v) is 7.29. The van der Waals surface area contributed by atoms with Crippen molar-refractivity contribution in [2.45, 2.75) is 11.9 Å². The van der Waals surface area contributed by atoms with Gasteiger partial charge < -0.3 is 0 Å². The molecule has 0 aromatic carbocycles. The first-order valence-electron chi connectivity index (χ1n) is 3.16. The molecule has 0 unspecified atom stereocenters. The van der Waals surface area contributed by atoms with Crippen LogP contribution < -0.4 is 0 Å². The van der Waals surface area contributed by atoms with Crippen LogP contribution in [0.2, 0.25) is 0 Å². The molecule has 1 aromatic heterocycles. The molecule has 1 heterocycles. The van der Waals surface area contributed by atoms with Gasteiger partial charge in [-0.3, -0.25) is 0 Å². The molecule has 0 fully saturated rings. The maximum absolute atomic E-state index is 12.0. The third-order valence-corrected chi connectivity index (χ3v) is 2.31. The van der Waals surface area contributed by atoms with Crippen LogP contribution in [-0.4, -0.2) is 4.98 Å². The quantitative estimate of drug-likeness (QED) is 0.649. The average Bonchev–Trinajstić information content (AvgIpc) is 1.82. The molecule has 0 atom stereocenters. The largest absolute Gasteiger partial charge is 0.325 e. The molecule has 76 valence electrons. The average molecular weight is 219 g/mol. The Morgan fingerprint density at radius 1 is 1.08 bits per heavy atom. The molecule has 1 aromatic rings. The van der Waals surface area contributed by atoms with Gasteiger partial charge in [0.15, 0.2) is 5.03 Å². The van der Waals surface area contributed by atoms with E-state index < -0.39 is 15.3 Å². The number of halogens is 5. The summed E-state index contributed by atoms with van der Waals surface area (Å²) in [6.45, 7) is 1.46. The molecular weight excluding hydrogens is 213 g/mol. The molecule has 0 aliphatic carbocycles. The predicted molar refractivity (Wildman–Crippen MR) is 40.4 cm³/mol. The number of hydrogen-bond donors (Lipinski definition) is 0. The van der Waals surface area contributed by atoms with E-state index in [1.54, 1.807) is 0 Å². The van der Waals surface area contributed by atoms with Gasteiger partial charge in [-0.05, 0) is 18.6 Å². The first kappa shape index (κ1) is 10.2. The van der Waals surface area contributed by atoms with Gasteiger partial charge in [-0.15, -0.1) is 0 Å². The number of pyridine rings is 1. The van der Waals surface area contributed by atoms with Crippen molar-refractivity contribution in [3.8, 4) is 0 Å². The highest BCUT2D eigenvalue weighted by molar-refractivity contribution is 8.45. The Morgan fingerprint density at radius 2 is 1.62 bits per heavy atom. The van der Waals surface area contributed by atoms with Gasteiger partial charge in [0.05, 0.1) is 0 Å². The maximum Gasteiger partial charge on any atom is 0.325 e. The van der Waals surface area contributed by atoms with Gasteiger partial charge in [-0.25, -0.2) is 4.98 Å². The summed E-state index contributed by atoms with van der Waals surface area (Å²) in [6, 6.07) is 1.23. The van der Waals surface area contributed by atoms with Crippen LogP contribution in [0.3, 0.4) is 0 Å². The monoisotopic (exact) mass is 219 g/mol. The Morgan fingerprint density at radius 3 is 1.92 bits per heavy atom. The molecule has 0 saturated heterocycles. The summed E-state index contributed by atoms with van der Waals surface area (Å²) in [4.78, 5) is 2.67. The Kier molecular flexibility index (Phi) is 1.55. The molecule has 0 bridgehead atoms. The molecular formula is C6H6F5NS. The van der Waals surface area contributed by atoms with Crippen LogP contribution in [0.5, 0.6) is 0 Å². The molecule has 1 nitrogen and oxygen atoms in total. The van der Waals surface area contributed by atoms with Crippen molar-refractivity contribution in [2.75, 3.05) is 0 Å². The molecule has 0 aliphatic rings. The highest BCUT2D eigenvalue weighted by atomic mass is 32.5. The normalized spacial score (nSPS) is 17.7. The highest BCUT2D eigenvalue weighted by Crippen LogP contribution is 3.01. The van der Waals surface area contributed by atoms with Crippen molar-refractivity contribution in [3.63, 3.8) is 0 Å². The first-order chi connectivity index (χ1) is 5.49. The molecule has 7 heteroatoms. The minimum atomic E-state index is -9.56. The fraction of sp³-hybridized carbons (Fsp3) is 0.167. The standard InChI is InChI=1S/C6H6F5NS/c1-5-2-3-6(12-4-5)13(7,8,9,10)11/h2-4H,1H3. The molecule has 0 amide bonds. The Labute approximate surface area is 71.3 Å². The Hall–Kier alpha value is -0.850. The topological polar surface area (TPSA) is 12.9 Å². The highest BCUT2D eigenvalue weighted by Gasteiger charge is 2.66. The lowest BCUT2D eigenvalue weighted by atomic mass is 10.3. The number of hydrogen-bond acceptors (Lipinski definition) is 1. The van der Waals surface area contributed by atoms with E-state index in [9.17, 15) is 19.4 Å². The second-order valence-electron chi connectivity index (χ2n) is 2.64. The zero-order chi connectivity index (χ0) is 10.4. The summed E-state index contributed by atoms with van der Waals surface area (Å²) in [5.41, 5.74) is 0.394. The van der Waals surface area contributed by atoms with Gasteiger partial charge in [-0.1, -0.05) is 25.5 Å². The fourth-order valence-electron chi connectivity index (χ4n) is 0.682. The van der Waals surface area contributed by atoms with E-state index >= 15 is 0 Å². The van der Waals surface area contributed by atoms with Gasteiger partial charge in [0.25, 0.3) is 0 Å². The smallest absolute Gasteiger partial charge is 0.241 e. The molecule has 1 rings (SSSR count). The summed E-state index contributed by atoms with van der Waals surface area (Å²) >= 11 is 0. The van der Waals surface area contributed by atoms with Crippen LogP contribution in [-0.2, 0) is 0 Å². The number of nitrogens with zero attached hydrogens (tertiary/aromatic N) is 1. The van der Waals surface area contributed by atoms with Crippen LogP contribution in [0.4, 0.5) is 19.4 Å². The van der Waals surface area contributed by atoms with Gasteiger partial charge in [-0.2, -0.15) is 0 Å². The number of aryl methyl sites for hydroxylation is 1. The predicted octanol–water partition coefficient (Wildman–Crippen LogP) is 4.05. The van der Waals surface area contributed by atoms with Crippen molar-refractivity contribution in [1.29, 1.82) is 0 Å². The SMILES string of the molecule is Cc1ccc(S(F)(F)(F)(F)F)nc1. The van der Waals surface area contributed by atoms with Crippen molar-refractivity contribution in [2.24, 2.45) is 0 Å². The second-order valence-corrected chi connectivity index (χ2v) is 5.00. The van der Waals surface area contributed by atoms with Crippen LogP contribution in [0.1, 0.15) is 5.56 Å². The second kappa shape index (κ2) is 1.97. The van der Waals surface area contributed by atoms with Crippen molar-refractivity contribution in [3.05, 3.63) is 23.9 Å². The summed E-state index contributed by atoms with van der Waals surface area (Å²) in [6.07, 6.45) is 0.757. The third-order valence-electron chi connectivity index (χ3n) is 1.28. The van der Waals surface area contributed by atoms with Crippen LogP contribution in [0.25, 0.3) is 0 Å². The van der Waals surface area contributed by atoms with Crippen molar-refractivity contribution < 1.29 is 19.4 Å². The summed E-state index contributed by atoms with van der Waals surface area (Å²) in [5.74, 6) is 0. The van der Waals surface area contributed by atoms with Gasteiger partial charge >= 0.3 is 10.2 Å². The van der Waals surface area contributed by atoms with E-state index in [4.69, 9.17) is 0 Å². The minimum Gasteiger partial charge on any atom is -0.241 e. The van der Waals surface area contributed by atoms with Gasteiger partial charge in [0.2, 0.25) is 0 Å². The molecule has 0 radical (unpaired) electrons. The van der Waals surface area contributed by atoms with Gasteiger partial charge in [0, 0.05) is 6.20 Å². The maximum atomic E-state index is 12.0. The lowest BCUT2D eigenvalue weighted by Gasteiger charge is -2.39. The number of aromatic nitrogens is 1. The first-order valence-corrected chi connectivity index (χ1v) is 5.11. The van der Waals surface area contributed by atoms with Crippen molar-refractivity contribution >= 4 is 10.2 Å². The van der Waals surface area contributed by atoms with Gasteiger partial charge in [0.1, 0.15) is 0 Å². The van der Waals surface area contributed by atoms with Crippen LogP contribution in [0, 0.1) is 6.92 Å². The van der Waals surface area contributed by atoms with Crippen molar-refractivity contribution in [1.82, 2.24) is 4.98 Å². The number of rotatable bonds is 1. The van der Waals surface area contributed by atoms with E-state index in [1.807, 2.05) is 0 Å². The Bertz CT molecular complexity index is 325. The van der Waals surface area contributed by atoms with E-state index in [2.05, 4.69) is 4.98 Å².